The molecule has 3 heteroatoms. The zero-order valence-electron chi connectivity index (χ0n) is 12.3. The van der Waals surface area contributed by atoms with Crippen molar-refractivity contribution in [3.05, 3.63) is 29.6 Å². The molecule has 0 N–H and O–H groups in total. The van der Waals surface area contributed by atoms with E-state index < -0.39 is 0 Å². The number of nitrogens with zero attached hydrogens (tertiary/aromatic N) is 2. The third-order valence-electron chi connectivity index (χ3n) is 3.83. The van der Waals surface area contributed by atoms with E-state index in [-0.39, 0.29) is 0 Å². The third kappa shape index (κ3) is 2.64. The van der Waals surface area contributed by atoms with Gasteiger partial charge in [0.05, 0.1) is 11.0 Å². The van der Waals surface area contributed by atoms with Gasteiger partial charge in [-0.1, -0.05) is 32.9 Å². The minimum absolute atomic E-state index is 0.491. The molecule has 0 fully saturated rings. The van der Waals surface area contributed by atoms with Crippen LogP contribution in [0.5, 0.6) is 0 Å². The van der Waals surface area contributed by atoms with Crippen molar-refractivity contribution in [2.75, 3.05) is 5.88 Å². The number of hydrogen-bond acceptors (Lipinski definition) is 1. The number of para-hydroxylation sites is 1. The fourth-order valence-electron chi connectivity index (χ4n) is 2.89. The second-order valence-corrected chi connectivity index (χ2v) is 5.88. The number of fused-ring (bicyclic) bond motifs is 1. The van der Waals surface area contributed by atoms with Gasteiger partial charge >= 0.3 is 0 Å². The molecule has 0 radical (unpaired) electrons. The van der Waals surface area contributed by atoms with Crippen molar-refractivity contribution in [2.45, 2.75) is 46.6 Å². The summed E-state index contributed by atoms with van der Waals surface area (Å²) in [5, 5.41) is 0. The van der Waals surface area contributed by atoms with Crippen LogP contribution in [0.25, 0.3) is 11.0 Å². The zero-order valence-corrected chi connectivity index (χ0v) is 13.0. The van der Waals surface area contributed by atoms with Gasteiger partial charge in [0.15, 0.2) is 0 Å². The van der Waals surface area contributed by atoms with E-state index >= 15 is 0 Å². The van der Waals surface area contributed by atoms with E-state index in [1.54, 1.807) is 0 Å². The molecule has 0 amide bonds. The molecule has 0 aliphatic carbocycles. The van der Waals surface area contributed by atoms with E-state index in [4.69, 9.17) is 16.6 Å². The number of halogens is 1. The van der Waals surface area contributed by atoms with Crippen molar-refractivity contribution in [3.8, 4) is 0 Å². The maximum atomic E-state index is 5.95. The first-order chi connectivity index (χ1) is 9.10. The number of rotatable bonds is 5. The average molecular weight is 279 g/mol. The summed E-state index contributed by atoms with van der Waals surface area (Å²) in [7, 11) is 0. The molecule has 1 aromatic carbocycles. The normalized spacial score (nSPS) is 13.4. The van der Waals surface area contributed by atoms with Crippen LogP contribution in [-0.2, 0) is 6.42 Å². The van der Waals surface area contributed by atoms with Crippen LogP contribution in [0.4, 0.5) is 0 Å². The molecular weight excluding hydrogens is 256 g/mol. The smallest absolute Gasteiger partial charge is 0.111 e. The van der Waals surface area contributed by atoms with E-state index in [2.05, 4.69) is 50.5 Å². The van der Waals surface area contributed by atoms with Crippen molar-refractivity contribution in [2.24, 2.45) is 5.92 Å². The highest BCUT2D eigenvalue weighted by Crippen LogP contribution is 2.30. The standard InChI is InChI=1S/C16H23ClN2/c1-5-13(11(2)3)19-14-8-6-7-12(4)16(14)18-15(19)9-10-17/h6-8,11,13H,5,9-10H2,1-4H3. The maximum absolute atomic E-state index is 5.95. The Labute approximate surface area is 120 Å². The van der Waals surface area contributed by atoms with Gasteiger partial charge in [0, 0.05) is 18.3 Å². The highest BCUT2D eigenvalue weighted by molar-refractivity contribution is 6.17. The first-order valence-electron chi connectivity index (χ1n) is 7.12. The molecule has 0 aliphatic heterocycles. The van der Waals surface area contributed by atoms with Crippen LogP contribution < -0.4 is 0 Å². The lowest BCUT2D eigenvalue weighted by atomic mass is 10.0. The van der Waals surface area contributed by atoms with Gasteiger partial charge in [0.2, 0.25) is 0 Å². The van der Waals surface area contributed by atoms with E-state index in [0.717, 1.165) is 24.2 Å². The van der Waals surface area contributed by atoms with Gasteiger partial charge in [-0.05, 0) is 30.9 Å². The minimum Gasteiger partial charge on any atom is -0.325 e. The van der Waals surface area contributed by atoms with Gasteiger partial charge in [-0.15, -0.1) is 11.6 Å². The summed E-state index contributed by atoms with van der Waals surface area (Å²) < 4.78 is 2.41. The summed E-state index contributed by atoms with van der Waals surface area (Å²) in [6, 6.07) is 6.91. The third-order valence-corrected chi connectivity index (χ3v) is 4.02. The molecule has 1 unspecified atom stereocenters. The Morgan fingerprint density at radius 2 is 2.05 bits per heavy atom. The maximum Gasteiger partial charge on any atom is 0.111 e. The largest absolute Gasteiger partial charge is 0.325 e. The van der Waals surface area contributed by atoms with E-state index in [1.165, 1.54) is 11.1 Å². The van der Waals surface area contributed by atoms with E-state index in [0.29, 0.717) is 17.8 Å². The van der Waals surface area contributed by atoms with Gasteiger partial charge < -0.3 is 4.57 Å². The van der Waals surface area contributed by atoms with Crippen LogP contribution in [0.2, 0.25) is 0 Å². The summed E-state index contributed by atoms with van der Waals surface area (Å²) in [5.74, 6) is 2.34. The molecule has 1 aromatic heterocycles. The van der Waals surface area contributed by atoms with Crippen molar-refractivity contribution in [1.29, 1.82) is 0 Å². The molecule has 0 bridgehead atoms. The van der Waals surface area contributed by atoms with Crippen molar-refractivity contribution in [3.63, 3.8) is 0 Å². The summed E-state index contributed by atoms with van der Waals surface area (Å²) >= 11 is 5.95. The Kier molecular flexibility index (Phi) is 4.51. The Morgan fingerprint density at radius 1 is 1.32 bits per heavy atom. The highest BCUT2D eigenvalue weighted by atomic mass is 35.5. The molecule has 0 aliphatic rings. The molecule has 0 saturated carbocycles. The second kappa shape index (κ2) is 5.96. The first kappa shape index (κ1) is 14.4. The predicted molar refractivity (Wildman–Crippen MR) is 83.1 cm³/mol. The Balaban J connectivity index is 2.67. The number of hydrogen-bond donors (Lipinski definition) is 0. The van der Waals surface area contributed by atoms with Crippen LogP contribution in [0, 0.1) is 12.8 Å². The van der Waals surface area contributed by atoms with Crippen LogP contribution >= 0.6 is 11.6 Å². The molecule has 2 aromatic rings. The molecule has 19 heavy (non-hydrogen) atoms. The molecule has 0 spiro atoms. The molecule has 104 valence electrons. The van der Waals surface area contributed by atoms with E-state index in [1.807, 2.05) is 0 Å². The zero-order chi connectivity index (χ0) is 14.0. The fourth-order valence-corrected chi connectivity index (χ4v) is 3.06. The molecular formula is C16H23ClN2. The van der Waals surface area contributed by atoms with E-state index in [9.17, 15) is 0 Å². The number of aryl methyl sites for hydroxylation is 2. The van der Waals surface area contributed by atoms with Crippen molar-refractivity contribution >= 4 is 22.6 Å². The topological polar surface area (TPSA) is 17.8 Å². The quantitative estimate of drug-likeness (QED) is 0.723. The Bertz CT molecular complexity index is 557. The van der Waals surface area contributed by atoms with Gasteiger partial charge in [-0.2, -0.15) is 0 Å². The average Bonchev–Trinajstić information content (AvgIpc) is 2.71. The van der Waals surface area contributed by atoms with Gasteiger partial charge in [0.25, 0.3) is 0 Å². The number of imidazole rings is 1. The monoisotopic (exact) mass is 278 g/mol. The van der Waals surface area contributed by atoms with Crippen molar-refractivity contribution < 1.29 is 0 Å². The Hall–Kier alpha value is -1.02. The molecule has 2 nitrogen and oxygen atoms in total. The van der Waals surface area contributed by atoms with Crippen LogP contribution in [-0.4, -0.2) is 15.4 Å². The van der Waals surface area contributed by atoms with Gasteiger partial charge in [-0.3, -0.25) is 0 Å². The lowest BCUT2D eigenvalue weighted by Crippen LogP contribution is -2.17. The Morgan fingerprint density at radius 3 is 2.63 bits per heavy atom. The summed E-state index contributed by atoms with van der Waals surface area (Å²) in [5.41, 5.74) is 3.62. The summed E-state index contributed by atoms with van der Waals surface area (Å²) in [4.78, 5) is 4.83. The molecule has 1 atom stereocenters. The summed E-state index contributed by atoms with van der Waals surface area (Å²) in [6.45, 7) is 8.93. The van der Waals surface area contributed by atoms with Crippen molar-refractivity contribution in [1.82, 2.24) is 9.55 Å². The summed E-state index contributed by atoms with van der Waals surface area (Å²) in [6.07, 6.45) is 1.95. The molecule has 2 rings (SSSR count). The van der Waals surface area contributed by atoms with Gasteiger partial charge in [-0.25, -0.2) is 4.98 Å². The first-order valence-corrected chi connectivity index (χ1v) is 7.66. The highest BCUT2D eigenvalue weighted by Gasteiger charge is 2.20. The van der Waals surface area contributed by atoms with Crippen LogP contribution in [0.1, 0.15) is 44.6 Å². The van der Waals surface area contributed by atoms with Crippen LogP contribution in [0.3, 0.4) is 0 Å². The molecule has 0 saturated heterocycles. The fraction of sp³-hybridized carbons (Fsp3) is 0.562. The molecule has 1 heterocycles. The number of benzene rings is 1. The SMILES string of the molecule is CCC(C(C)C)n1c(CCCl)nc2c(C)cccc21. The number of alkyl halides is 1. The second-order valence-electron chi connectivity index (χ2n) is 5.50. The predicted octanol–water partition coefficient (Wildman–Crippen LogP) is 4.73. The van der Waals surface area contributed by atoms with Gasteiger partial charge in [0.1, 0.15) is 5.82 Å². The lowest BCUT2D eigenvalue weighted by Gasteiger charge is -2.24. The minimum atomic E-state index is 0.491. The van der Waals surface area contributed by atoms with Crippen LogP contribution in [0.15, 0.2) is 18.2 Å². The number of aromatic nitrogens is 2. The lowest BCUT2D eigenvalue weighted by molar-refractivity contribution is 0.365.